The van der Waals surface area contributed by atoms with Crippen molar-refractivity contribution in [1.29, 1.82) is 0 Å². The quantitative estimate of drug-likeness (QED) is 0.730. The van der Waals surface area contributed by atoms with E-state index in [9.17, 15) is 9.90 Å². The van der Waals surface area contributed by atoms with Gasteiger partial charge in [0.1, 0.15) is 11.8 Å². The van der Waals surface area contributed by atoms with Gasteiger partial charge in [-0.1, -0.05) is 17.7 Å². The Hall–Kier alpha value is -1.26. The molecule has 1 aromatic rings. The predicted molar refractivity (Wildman–Crippen MR) is 57.2 cm³/mol. The van der Waals surface area contributed by atoms with Crippen LogP contribution in [-0.2, 0) is 11.2 Å². The average Bonchev–Trinajstić information content (AvgIpc) is 2.13. The fourth-order valence-corrected chi connectivity index (χ4v) is 1.39. The third kappa shape index (κ3) is 2.84. The normalized spacial score (nSPS) is 12.5. The number of carbonyl (C=O) groups is 1. The number of aliphatic carboxylic acids is 1. The highest BCUT2D eigenvalue weighted by atomic mass is 35.5. The summed E-state index contributed by atoms with van der Waals surface area (Å²) >= 11 is 5.75. The topological polar surface area (TPSA) is 83.6 Å². The van der Waals surface area contributed by atoms with Crippen molar-refractivity contribution >= 4 is 17.6 Å². The lowest BCUT2D eigenvalue weighted by atomic mass is 10.0. The molecule has 0 aromatic heterocycles. The van der Waals surface area contributed by atoms with Crippen LogP contribution in [0.2, 0.25) is 5.02 Å². The summed E-state index contributed by atoms with van der Waals surface area (Å²) in [5.74, 6) is -1.12. The van der Waals surface area contributed by atoms with E-state index >= 15 is 0 Å². The molecular formula is C10H12ClNO3. The van der Waals surface area contributed by atoms with Gasteiger partial charge in [0.05, 0.1) is 5.02 Å². The van der Waals surface area contributed by atoms with E-state index in [4.69, 9.17) is 22.4 Å². The van der Waals surface area contributed by atoms with Gasteiger partial charge in [-0.3, -0.25) is 4.79 Å². The zero-order valence-corrected chi connectivity index (χ0v) is 8.95. The van der Waals surface area contributed by atoms with Gasteiger partial charge >= 0.3 is 5.97 Å². The molecule has 0 radical (unpaired) electrons. The average molecular weight is 230 g/mol. The van der Waals surface area contributed by atoms with Crippen molar-refractivity contribution in [2.75, 3.05) is 0 Å². The first-order chi connectivity index (χ1) is 6.91. The maximum atomic E-state index is 10.5. The Bertz CT molecular complexity index is 369. The van der Waals surface area contributed by atoms with Crippen LogP contribution in [0.15, 0.2) is 12.1 Å². The maximum absolute atomic E-state index is 10.5. The van der Waals surface area contributed by atoms with Crippen LogP contribution < -0.4 is 5.73 Å². The van der Waals surface area contributed by atoms with Gasteiger partial charge in [-0.25, -0.2) is 0 Å². The molecule has 0 fully saturated rings. The van der Waals surface area contributed by atoms with Crippen LogP contribution in [0, 0.1) is 6.92 Å². The number of hydrogen-bond acceptors (Lipinski definition) is 3. The lowest BCUT2D eigenvalue weighted by Gasteiger charge is -2.09. The summed E-state index contributed by atoms with van der Waals surface area (Å²) in [5, 5.41) is 18.3. The number of carboxylic acid groups (broad SMARTS) is 1. The van der Waals surface area contributed by atoms with Crippen LogP contribution in [0.1, 0.15) is 11.1 Å². The second-order valence-electron chi connectivity index (χ2n) is 3.39. The van der Waals surface area contributed by atoms with Crippen molar-refractivity contribution in [3.05, 3.63) is 28.3 Å². The number of phenols is 1. The second-order valence-corrected chi connectivity index (χ2v) is 3.77. The molecule has 0 aliphatic carbocycles. The van der Waals surface area contributed by atoms with Gasteiger partial charge in [0.15, 0.2) is 0 Å². The van der Waals surface area contributed by atoms with E-state index < -0.39 is 12.0 Å². The molecule has 1 aromatic carbocycles. The molecule has 0 saturated heterocycles. The lowest BCUT2D eigenvalue weighted by molar-refractivity contribution is -0.138. The largest absolute Gasteiger partial charge is 0.506 e. The van der Waals surface area contributed by atoms with Gasteiger partial charge in [-0.2, -0.15) is 0 Å². The number of hydrogen-bond donors (Lipinski definition) is 3. The van der Waals surface area contributed by atoms with E-state index in [1.54, 1.807) is 13.0 Å². The first-order valence-corrected chi connectivity index (χ1v) is 4.76. The lowest BCUT2D eigenvalue weighted by Crippen LogP contribution is -2.32. The van der Waals surface area contributed by atoms with Gasteiger partial charge in [-0.05, 0) is 30.5 Å². The number of benzene rings is 1. The number of halogens is 1. The molecule has 0 amide bonds. The fraction of sp³-hybridized carbons (Fsp3) is 0.300. The zero-order valence-electron chi connectivity index (χ0n) is 8.20. The van der Waals surface area contributed by atoms with Crippen LogP contribution >= 0.6 is 11.6 Å². The van der Waals surface area contributed by atoms with E-state index in [1.807, 2.05) is 0 Å². The molecule has 4 N–H and O–H groups in total. The third-order valence-corrected chi connectivity index (χ3v) is 2.56. The molecule has 0 aliphatic rings. The Labute approximate surface area is 92.3 Å². The number of aryl methyl sites for hydroxylation is 1. The Balaban J connectivity index is 2.92. The van der Waals surface area contributed by atoms with Crippen molar-refractivity contribution in [2.45, 2.75) is 19.4 Å². The van der Waals surface area contributed by atoms with E-state index in [1.165, 1.54) is 6.07 Å². The van der Waals surface area contributed by atoms with E-state index in [2.05, 4.69) is 0 Å². The molecule has 0 spiro atoms. The molecule has 1 atom stereocenters. The minimum absolute atomic E-state index is 0.0516. The molecule has 82 valence electrons. The van der Waals surface area contributed by atoms with Crippen LogP contribution in [-0.4, -0.2) is 22.2 Å². The molecule has 4 nitrogen and oxygen atoms in total. The highest BCUT2D eigenvalue weighted by molar-refractivity contribution is 6.32. The highest BCUT2D eigenvalue weighted by Gasteiger charge is 2.13. The van der Waals surface area contributed by atoms with Crippen molar-refractivity contribution in [3.63, 3.8) is 0 Å². The summed E-state index contributed by atoms with van der Waals surface area (Å²) in [6, 6.07) is 2.17. The first-order valence-electron chi connectivity index (χ1n) is 4.38. The SMILES string of the molecule is Cc1cc(CC(N)C(=O)O)cc(O)c1Cl. The van der Waals surface area contributed by atoms with Gasteiger partial charge in [-0.15, -0.1) is 0 Å². The summed E-state index contributed by atoms with van der Waals surface area (Å²) in [6.45, 7) is 1.73. The molecule has 1 rings (SSSR count). The number of phenolic OH excluding ortho intramolecular Hbond substituents is 1. The van der Waals surface area contributed by atoms with E-state index in [0.29, 0.717) is 11.1 Å². The smallest absolute Gasteiger partial charge is 0.320 e. The molecule has 0 bridgehead atoms. The molecule has 0 aliphatic heterocycles. The van der Waals surface area contributed by atoms with Crippen LogP contribution in [0.25, 0.3) is 0 Å². The number of rotatable bonds is 3. The van der Waals surface area contributed by atoms with E-state index in [0.717, 1.165) is 0 Å². The van der Waals surface area contributed by atoms with Gasteiger partial charge in [0.2, 0.25) is 0 Å². The molecule has 15 heavy (non-hydrogen) atoms. The Morgan fingerprint density at radius 1 is 1.60 bits per heavy atom. The Kier molecular flexibility index (Phi) is 3.55. The van der Waals surface area contributed by atoms with Gasteiger partial charge in [0, 0.05) is 0 Å². The van der Waals surface area contributed by atoms with Gasteiger partial charge < -0.3 is 15.9 Å². The fourth-order valence-electron chi connectivity index (χ4n) is 1.28. The zero-order chi connectivity index (χ0) is 11.6. The monoisotopic (exact) mass is 229 g/mol. The summed E-state index contributed by atoms with van der Waals surface area (Å²) in [5.41, 5.74) is 6.73. The molecule has 5 heteroatoms. The van der Waals surface area contributed by atoms with Crippen molar-refractivity contribution in [2.24, 2.45) is 5.73 Å². The summed E-state index contributed by atoms with van der Waals surface area (Å²) in [6.07, 6.45) is 0.168. The summed E-state index contributed by atoms with van der Waals surface area (Å²) in [7, 11) is 0. The number of aromatic hydroxyl groups is 1. The van der Waals surface area contributed by atoms with Crippen LogP contribution in [0.5, 0.6) is 5.75 Å². The van der Waals surface area contributed by atoms with E-state index in [-0.39, 0.29) is 17.2 Å². The molecule has 1 unspecified atom stereocenters. The minimum atomic E-state index is -1.07. The number of carboxylic acids is 1. The Morgan fingerprint density at radius 2 is 2.20 bits per heavy atom. The van der Waals surface area contributed by atoms with Crippen LogP contribution in [0.4, 0.5) is 0 Å². The highest BCUT2D eigenvalue weighted by Crippen LogP contribution is 2.28. The molecule has 0 saturated carbocycles. The van der Waals surface area contributed by atoms with Crippen molar-refractivity contribution in [1.82, 2.24) is 0 Å². The summed E-state index contributed by atoms with van der Waals surface area (Å²) in [4.78, 5) is 10.5. The second kappa shape index (κ2) is 4.51. The predicted octanol–water partition coefficient (Wildman–Crippen LogP) is 1.31. The standard InChI is InChI=1S/C10H12ClNO3/c1-5-2-6(3-7(12)10(14)15)4-8(13)9(5)11/h2,4,7,13H,3,12H2,1H3,(H,14,15). The van der Waals surface area contributed by atoms with Crippen molar-refractivity contribution in [3.8, 4) is 5.75 Å². The number of nitrogens with two attached hydrogens (primary N) is 1. The van der Waals surface area contributed by atoms with Crippen molar-refractivity contribution < 1.29 is 15.0 Å². The Morgan fingerprint density at radius 3 is 2.67 bits per heavy atom. The third-order valence-electron chi connectivity index (χ3n) is 2.07. The minimum Gasteiger partial charge on any atom is -0.506 e. The molecule has 0 heterocycles. The maximum Gasteiger partial charge on any atom is 0.320 e. The first kappa shape index (κ1) is 11.8. The van der Waals surface area contributed by atoms with Gasteiger partial charge in [0.25, 0.3) is 0 Å². The van der Waals surface area contributed by atoms with Crippen LogP contribution in [0.3, 0.4) is 0 Å². The summed E-state index contributed by atoms with van der Waals surface area (Å²) < 4.78 is 0. The molecular weight excluding hydrogens is 218 g/mol.